The summed E-state index contributed by atoms with van der Waals surface area (Å²) in [5.74, 6) is -3.17. The maximum Gasteiger partial charge on any atom is 0.573 e. The second-order valence-electron chi connectivity index (χ2n) is 5.79. The van der Waals surface area contributed by atoms with E-state index in [9.17, 15) is 29.0 Å². The molecule has 0 saturated heterocycles. The molecule has 0 saturated carbocycles. The Morgan fingerprint density at radius 2 is 1.93 bits per heavy atom. The van der Waals surface area contributed by atoms with Crippen LogP contribution in [0.25, 0.3) is 5.70 Å². The molecule has 0 aliphatic heterocycles. The summed E-state index contributed by atoms with van der Waals surface area (Å²) in [6.45, 7) is 0. The van der Waals surface area contributed by atoms with Gasteiger partial charge in [-0.05, 0) is 17.7 Å². The van der Waals surface area contributed by atoms with Gasteiger partial charge in [-0.15, -0.1) is 13.2 Å². The first-order valence-electron chi connectivity index (χ1n) is 7.84. The van der Waals surface area contributed by atoms with Gasteiger partial charge in [-0.25, -0.2) is 0 Å². The molecule has 1 aromatic heterocycles. The van der Waals surface area contributed by atoms with Gasteiger partial charge in [0.1, 0.15) is 11.7 Å². The van der Waals surface area contributed by atoms with Gasteiger partial charge in [0.05, 0.1) is 46.6 Å². The number of alkyl halides is 3. The van der Waals surface area contributed by atoms with Gasteiger partial charge in [0.25, 0.3) is 0 Å². The van der Waals surface area contributed by atoms with Crippen LogP contribution in [0.1, 0.15) is 17.0 Å². The molecule has 0 bridgehead atoms. The first-order chi connectivity index (χ1) is 13.6. The van der Waals surface area contributed by atoms with Crippen LogP contribution in [0.5, 0.6) is 5.75 Å². The number of aromatic nitrogens is 2. The highest BCUT2D eigenvalue weighted by molar-refractivity contribution is 6.32. The van der Waals surface area contributed by atoms with Crippen LogP contribution in [0.3, 0.4) is 0 Å². The second kappa shape index (κ2) is 8.55. The summed E-state index contributed by atoms with van der Waals surface area (Å²) in [4.78, 5) is 0. The van der Waals surface area contributed by atoms with Gasteiger partial charge in [0, 0.05) is 18.8 Å². The predicted octanol–water partition coefficient (Wildman–Crippen LogP) is 3.61. The first-order valence-corrected chi connectivity index (χ1v) is 8.22. The lowest BCUT2D eigenvalue weighted by atomic mass is 9.80. The van der Waals surface area contributed by atoms with E-state index in [0.29, 0.717) is 5.56 Å². The van der Waals surface area contributed by atoms with E-state index in [1.165, 1.54) is 23.1 Å². The molecular formula is C18H12ClF3N6O. The van der Waals surface area contributed by atoms with E-state index >= 15 is 0 Å². The molecule has 1 aromatic carbocycles. The van der Waals surface area contributed by atoms with Crippen molar-refractivity contribution in [3.8, 4) is 24.0 Å². The molecule has 0 amide bonds. The van der Waals surface area contributed by atoms with Crippen LogP contribution < -0.4 is 10.5 Å². The SMILES string of the molecule is Cn1cc(/C(N)=C(\C#N)C(c2ccc(OC(F)(F)F)c(Cl)c2)C(C#N)C#N)cn1. The average molecular weight is 421 g/mol. The van der Waals surface area contributed by atoms with Gasteiger partial charge in [-0.2, -0.15) is 20.9 Å². The molecule has 148 valence electrons. The summed E-state index contributed by atoms with van der Waals surface area (Å²) in [5.41, 5.74) is 6.47. The Kier molecular flexibility index (Phi) is 6.38. The first kappa shape index (κ1) is 21.6. The number of nitrogens with zero attached hydrogens (tertiary/aromatic N) is 5. The molecule has 0 spiro atoms. The molecule has 0 radical (unpaired) electrons. The number of aryl methyl sites for hydroxylation is 1. The van der Waals surface area contributed by atoms with E-state index < -0.39 is 29.0 Å². The monoisotopic (exact) mass is 420 g/mol. The summed E-state index contributed by atoms with van der Waals surface area (Å²) >= 11 is 5.88. The third-order valence-electron chi connectivity index (χ3n) is 3.89. The normalized spacial score (nSPS) is 13.1. The summed E-state index contributed by atoms with van der Waals surface area (Å²) in [7, 11) is 1.63. The van der Waals surface area contributed by atoms with Crippen molar-refractivity contribution in [3.63, 3.8) is 0 Å². The minimum atomic E-state index is -4.95. The van der Waals surface area contributed by atoms with Crippen LogP contribution >= 0.6 is 11.6 Å². The molecule has 0 fully saturated rings. The van der Waals surface area contributed by atoms with Crippen molar-refractivity contribution < 1.29 is 17.9 Å². The number of hydrogen-bond donors (Lipinski definition) is 1. The van der Waals surface area contributed by atoms with E-state index in [1.54, 1.807) is 19.2 Å². The van der Waals surface area contributed by atoms with Gasteiger partial charge in [-0.1, -0.05) is 17.7 Å². The fourth-order valence-corrected chi connectivity index (χ4v) is 2.86. The van der Waals surface area contributed by atoms with E-state index in [2.05, 4.69) is 9.84 Å². The van der Waals surface area contributed by atoms with Crippen LogP contribution in [0, 0.1) is 39.9 Å². The van der Waals surface area contributed by atoms with Crippen LogP contribution in [0.15, 0.2) is 36.2 Å². The molecule has 29 heavy (non-hydrogen) atoms. The second-order valence-corrected chi connectivity index (χ2v) is 6.20. The number of nitrogens with two attached hydrogens (primary N) is 1. The maximum atomic E-state index is 12.5. The number of nitriles is 3. The number of ether oxygens (including phenoxy) is 1. The van der Waals surface area contributed by atoms with Crippen LogP contribution in [0.2, 0.25) is 5.02 Å². The zero-order valence-electron chi connectivity index (χ0n) is 14.8. The number of allylic oxidation sites excluding steroid dienone is 1. The molecular weight excluding hydrogens is 409 g/mol. The lowest BCUT2D eigenvalue weighted by Crippen LogP contribution is -2.18. The van der Waals surface area contributed by atoms with Crippen LogP contribution in [-0.2, 0) is 7.05 Å². The zero-order valence-corrected chi connectivity index (χ0v) is 15.5. The van der Waals surface area contributed by atoms with Crippen molar-refractivity contribution in [3.05, 3.63) is 52.3 Å². The highest BCUT2D eigenvalue weighted by atomic mass is 35.5. The van der Waals surface area contributed by atoms with Crippen molar-refractivity contribution >= 4 is 17.3 Å². The number of hydrogen-bond acceptors (Lipinski definition) is 6. The molecule has 1 heterocycles. The number of benzene rings is 1. The Hall–Kier alpha value is -3.68. The maximum absolute atomic E-state index is 12.5. The molecule has 1 atom stereocenters. The van der Waals surface area contributed by atoms with Gasteiger partial charge in [0.15, 0.2) is 0 Å². The quantitative estimate of drug-likeness (QED) is 0.736. The average Bonchev–Trinajstić information content (AvgIpc) is 3.09. The molecule has 2 aromatic rings. The lowest BCUT2D eigenvalue weighted by molar-refractivity contribution is -0.274. The van der Waals surface area contributed by atoms with Crippen LogP contribution in [0.4, 0.5) is 13.2 Å². The lowest BCUT2D eigenvalue weighted by Gasteiger charge is -2.20. The van der Waals surface area contributed by atoms with Crippen molar-refractivity contribution in [1.82, 2.24) is 9.78 Å². The largest absolute Gasteiger partial charge is 0.573 e. The minimum Gasteiger partial charge on any atom is -0.404 e. The summed E-state index contributed by atoms with van der Waals surface area (Å²) < 4.78 is 42.6. The van der Waals surface area contributed by atoms with E-state index in [-0.39, 0.29) is 16.8 Å². The van der Waals surface area contributed by atoms with E-state index in [1.807, 2.05) is 6.07 Å². The molecule has 2 rings (SSSR count). The van der Waals surface area contributed by atoms with Crippen molar-refractivity contribution in [2.45, 2.75) is 12.3 Å². The highest BCUT2D eigenvalue weighted by Gasteiger charge is 2.34. The standard InChI is InChI=1S/C18H12ClF3N6O/c1-28-9-12(8-27-28)17(26)13(7-25)16(11(5-23)6-24)10-2-3-15(14(19)4-10)29-18(20,21)22/h2-4,8-9,11,16H,26H2,1H3/b17-13-. The number of rotatable bonds is 5. The molecule has 7 nitrogen and oxygen atoms in total. The Balaban J connectivity index is 2.63. The molecule has 11 heteroatoms. The Labute approximate surface area is 168 Å². The highest BCUT2D eigenvalue weighted by Crippen LogP contribution is 2.38. The Bertz CT molecular complexity index is 1060. The van der Waals surface area contributed by atoms with Crippen molar-refractivity contribution in [1.29, 1.82) is 15.8 Å². The fraction of sp³-hybridized carbons (Fsp3) is 0.222. The Morgan fingerprint density at radius 3 is 2.38 bits per heavy atom. The van der Waals surface area contributed by atoms with Crippen molar-refractivity contribution in [2.75, 3.05) is 0 Å². The van der Waals surface area contributed by atoms with Crippen LogP contribution in [-0.4, -0.2) is 16.1 Å². The third-order valence-corrected chi connectivity index (χ3v) is 4.19. The minimum absolute atomic E-state index is 0.0205. The molecule has 0 aliphatic rings. The molecule has 2 N–H and O–H groups in total. The van der Waals surface area contributed by atoms with Gasteiger partial charge in [0.2, 0.25) is 0 Å². The van der Waals surface area contributed by atoms with E-state index in [0.717, 1.165) is 12.1 Å². The third kappa shape index (κ3) is 4.98. The predicted molar refractivity (Wildman–Crippen MR) is 95.5 cm³/mol. The van der Waals surface area contributed by atoms with Crippen molar-refractivity contribution in [2.24, 2.45) is 18.7 Å². The molecule has 1 unspecified atom stereocenters. The van der Waals surface area contributed by atoms with Gasteiger partial charge in [-0.3, -0.25) is 4.68 Å². The molecule has 0 aliphatic carbocycles. The summed E-state index contributed by atoms with van der Waals surface area (Å²) in [5, 5.41) is 32.0. The van der Waals surface area contributed by atoms with E-state index in [4.69, 9.17) is 17.3 Å². The summed E-state index contributed by atoms with van der Waals surface area (Å²) in [6.07, 6.45) is -2.02. The van der Waals surface area contributed by atoms with Gasteiger partial charge < -0.3 is 10.5 Å². The summed E-state index contributed by atoms with van der Waals surface area (Å²) in [6, 6.07) is 8.67. The number of halogens is 4. The zero-order chi connectivity index (χ0) is 21.8. The smallest absolute Gasteiger partial charge is 0.404 e. The fourth-order valence-electron chi connectivity index (χ4n) is 2.63. The van der Waals surface area contributed by atoms with Gasteiger partial charge >= 0.3 is 6.36 Å². The topological polar surface area (TPSA) is 124 Å². The Morgan fingerprint density at radius 1 is 1.28 bits per heavy atom.